The Morgan fingerprint density at radius 3 is 2.21 bits per heavy atom. The molecule has 2 aromatic carbocycles. The average Bonchev–Trinajstić information content (AvgIpc) is 2.37. The van der Waals surface area contributed by atoms with Crippen LogP contribution >= 0.6 is 0 Å². The van der Waals surface area contributed by atoms with Gasteiger partial charge in [-0.05, 0) is 5.56 Å². The number of hydrogen-bond donors (Lipinski definition) is 0. The van der Waals surface area contributed by atoms with Crippen molar-refractivity contribution in [1.29, 1.82) is 0 Å². The second-order valence-electron chi connectivity index (χ2n) is 5.47. The topological polar surface area (TPSA) is 9.23 Å². The van der Waals surface area contributed by atoms with Crippen LogP contribution < -0.4 is 23.6 Å². The van der Waals surface area contributed by atoms with Crippen LogP contribution in [0.25, 0.3) is 0 Å². The molecule has 0 radical (unpaired) electrons. The van der Waals surface area contributed by atoms with Crippen LogP contribution in [0.15, 0.2) is 48.5 Å². The summed E-state index contributed by atoms with van der Waals surface area (Å²) in [4.78, 5) is 0. The third-order valence-corrected chi connectivity index (χ3v) is 2.89. The van der Waals surface area contributed by atoms with Crippen molar-refractivity contribution in [2.45, 2.75) is 32.8 Å². The van der Waals surface area contributed by atoms with Crippen molar-refractivity contribution >= 4 is 0 Å². The zero-order valence-electron chi connectivity index (χ0n) is 12.2. The van der Waals surface area contributed by atoms with Crippen molar-refractivity contribution in [1.82, 2.24) is 0 Å². The number of benzene rings is 2. The first-order chi connectivity index (χ1) is 8.55. The molecule has 0 aliphatic rings. The van der Waals surface area contributed by atoms with Crippen molar-refractivity contribution in [3.63, 3.8) is 0 Å². The van der Waals surface area contributed by atoms with Crippen LogP contribution in [0.5, 0.6) is 5.75 Å². The zero-order chi connectivity index (χ0) is 13.0. The molecule has 0 spiro atoms. The van der Waals surface area contributed by atoms with Crippen molar-refractivity contribution in [2.75, 3.05) is 0 Å². The summed E-state index contributed by atoms with van der Waals surface area (Å²) in [5.74, 6) is 0.798. The van der Waals surface area contributed by atoms with E-state index in [1.54, 1.807) is 0 Å². The zero-order valence-corrected chi connectivity index (χ0v) is 12.2. The van der Waals surface area contributed by atoms with E-state index in [2.05, 4.69) is 45.0 Å². The third-order valence-electron chi connectivity index (χ3n) is 2.89. The van der Waals surface area contributed by atoms with E-state index in [0.29, 0.717) is 6.61 Å². The quantitative estimate of drug-likeness (QED) is 0.587. The second kappa shape index (κ2) is 6.85. The fourth-order valence-corrected chi connectivity index (χ4v) is 1.70. The summed E-state index contributed by atoms with van der Waals surface area (Å²) in [6.07, 6.45) is 0. The largest absolute Gasteiger partial charge is 1.00 e. The number of rotatable bonds is 3. The van der Waals surface area contributed by atoms with Crippen LogP contribution in [0.2, 0.25) is 0 Å². The summed E-state index contributed by atoms with van der Waals surface area (Å²) in [6, 6.07) is 19.5. The summed E-state index contributed by atoms with van der Waals surface area (Å²) in [6.45, 7) is 7.17. The van der Waals surface area contributed by atoms with Gasteiger partial charge in [-0.2, -0.15) is 17.7 Å². The first-order valence-corrected chi connectivity index (χ1v) is 6.25. The molecule has 2 heteroatoms. The molecule has 0 amide bonds. The van der Waals surface area contributed by atoms with Crippen molar-refractivity contribution in [3.8, 4) is 5.75 Å². The maximum absolute atomic E-state index is 5.70. The van der Waals surface area contributed by atoms with Gasteiger partial charge >= 0.3 is 18.9 Å². The van der Waals surface area contributed by atoms with E-state index in [4.69, 9.17) is 4.74 Å². The van der Waals surface area contributed by atoms with Gasteiger partial charge in [0, 0.05) is 5.75 Å². The summed E-state index contributed by atoms with van der Waals surface area (Å²) in [5, 5.41) is 0. The van der Waals surface area contributed by atoms with E-state index in [1.807, 2.05) is 30.3 Å². The minimum absolute atomic E-state index is 0. The SMILES string of the molecule is CC(C)(C)c1c[c-]c(OCc2ccccc2)cc1.[Li+]. The predicted octanol–water partition coefficient (Wildman–Crippen LogP) is 1.37. The molecule has 94 valence electrons. The smallest absolute Gasteiger partial charge is 0.515 e. The van der Waals surface area contributed by atoms with Crippen molar-refractivity contribution in [3.05, 3.63) is 65.7 Å². The van der Waals surface area contributed by atoms with Crippen LogP contribution in [0, 0.1) is 6.07 Å². The normalized spacial score (nSPS) is 10.7. The minimum atomic E-state index is 0. The van der Waals surface area contributed by atoms with Crippen LogP contribution in [0.3, 0.4) is 0 Å². The first-order valence-electron chi connectivity index (χ1n) is 6.25. The Labute approximate surface area is 128 Å². The second-order valence-corrected chi connectivity index (χ2v) is 5.47. The van der Waals surface area contributed by atoms with Gasteiger partial charge < -0.3 is 4.74 Å². The van der Waals surface area contributed by atoms with Crippen LogP contribution in [-0.2, 0) is 12.0 Å². The molecule has 0 saturated carbocycles. The van der Waals surface area contributed by atoms with Crippen LogP contribution in [-0.4, -0.2) is 0 Å². The summed E-state index contributed by atoms with van der Waals surface area (Å²) >= 11 is 0. The van der Waals surface area contributed by atoms with Gasteiger partial charge in [0.25, 0.3) is 0 Å². The molecule has 0 aliphatic carbocycles. The summed E-state index contributed by atoms with van der Waals surface area (Å²) < 4.78 is 5.70. The van der Waals surface area contributed by atoms with Gasteiger partial charge in [-0.1, -0.05) is 56.5 Å². The Hall–Kier alpha value is -1.16. The van der Waals surface area contributed by atoms with Gasteiger partial charge in [0.2, 0.25) is 0 Å². The van der Waals surface area contributed by atoms with Gasteiger partial charge in [0.1, 0.15) is 6.61 Å². The Balaban J connectivity index is 0.00000180. The molecule has 0 atom stereocenters. The van der Waals surface area contributed by atoms with E-state index in [1.165, 1.54) is 11.1 Å². The monoisotopic (exact) mass is 246 g/mol. The molecular formula is C17H19LiO. The van der Waals surface area contributed by atoms with Gasteiger partial charge in [0.05, 0.1) is 0 Å². The van der Waals surface area contributed by atoms with E-state index in [9.17, 15) is 0 Å². The Morgan fingerprint density at radius 1 is 1.00 bits per heavy atom. The molecule has 2 aromatic rings. The maximum Gasteiger partial charge on any atom is 1.00 e. The molecule has 0 unspecified atom stereocenters. The fraction of sp³-hybridized carbons (Fsp3) is 0.294. The van der Waals surface area contributed by atoms with E-state index < -0.39 is 0 Å². The molecular weight excluding hydrogens is 227 g/mol. The Bertz CT molecular complexity index is 483. The Kier molecular flexibility index (Phi) is 5.73. The molecule has 0 aliphatic heterocycles. The van der Waals surface area contributed by atoms with Crippen LogP contribution in [0.1, 0.15) is 31.9 Å². The molecule has 0 bridgehead atoms. The molecule has 0 saturated heterocycles. The summed E-state index contributed by atoms with van der Waals surface area (Å²) in [5.41, 5.74) is 2.61. The molecule has 0 heterocycles. The molecule has 2 rings (SSSR count). The summed E-state index contributed by atoms with van der Waals surface area (Å²) in [7, 11) is 0. The molecule has 0 aromatic heterocycles. The maximum atomic E-state index is 5.70. The van der Waals surface area contributed by atoms with Crippen LogP contribution in [0.4, 0.5) is 0 Å². The third kappa shape index (κ3) is 4.78. The van der Waals surface area contributed by atoms with E-state index in [-0.39, 0.29) is 24.3 Å². The first kappa shape index (κ1) is 15.9. The van der Waals surface area contributed by atoms with Crippen molar-refractivity contribution in [2.24, 2.45) is 0 Å². The fourth-order valence-electron chi connectivity index (χ4n) is 1.70. The minimum Gasteiger partial charge on any atom is -0.515 e. The molecule has 0 fully saturated rings. The standard InChI is InChI=1S/C17H19O.Li/c1-17(2,3)15-9-11-16(12-10-15)18-13-14-7-5-4-6-8-14;/h4-11H,13H2,1-3H3;/q-1;+1. The molecule has 0 N–H and O–H groups in total. The predicted molar refractivity (Wildman–Crippen MR) is 74.8 cm³/mol. The van der Waals surface area contributed by atoms with Gasteiger partial charge in [-0.25, -0.2) is 0 Å². The van der Waals surface area contributed by atoms with Gasteiger partial charge in [-0.15, -0.1) is 12.1 Å². The Morgan fingerprint density at radius 2 is 1.68 bits per heavy atom. The van der Waals surface area contributed by atoms with E-state index in [0.717, 1.165) is 5.75 Å². The van der Waals surface area contributed by atoms with Gasteiger partial charge in [-0.3, -0.25) is 0 Å². The van der Waals surface area contributed by atoms with E-state index >= 15 is 0 Å². The average molecular weight is 246 g/mol. The molecule has 19 heavy (non-hydrogen) atoms. The number of hydrogen-bond acceptors (Lipinski definition) is 1. The van der Waals surface area contributed by atoms with Crippen molar-refractivity contribution < 1.29 is 23.6 Å². The number of ether oxygens (including phenoxy) is 1. The molecule has 1 nitrogen and oxygen atoms in total. The van der Waals surface area contributed by atoms with Gasteiger partial charge in [0.15, 0.2) is 0 Å².